The topological polar surface area (TPSA) is 72.6 Å². The molecular weight excluding hydrogens is 220 g/mol. The summed E-state index contributed by atoms with van der Waals surface area (Å²) in [5.74, 6) is -0.927. The Balaban J connectivity index is 2.05. The number of hydrogen-bond donors (Lipinski definition) is 1. The Kier molecular flexibility index (Phi) is 2.21. The summed E-state index contributed by atoms with van der Waals surface area (Å²) >= 11 is 0. The predicted molar refractivity (Wildman–Crippen MR) is 59.3 cm³/mol. The highest BCUT2D eigenvalue weighted by Crippen LogP contribution is 2.38. The molecule has 17 heavy (non-hydrogen) atoms. The van der Waals surface area contributed by atoms with Crippen LogP contribution < -0.4 is 5.73 Å². The average Bonchev–Trinajstić information content (AvgIpc) is 2.33. The maximum absolute atomic E-state index is 12.2. The zero-order valence-corrected chi connectivity index (χ0v) is 9.33. The van der Waals surface area contributed by atoms with Gasteiger partial charge in [-0.25, -0.2) is 0 Å². The van der Waals surface area contributed by atoms with Gasteiger partial charge in [-0.15, -0.1) is 0 Å². The minimum absolute atomic E-state index is 0.0318. The number of nitrogens with two attached hydrogens (primary N) is 1. The van der Waals surface area contributed by atoms with Gasteiger partial charge in [-0.1, -0.05) is 0 Å². The van der Waals surface area contributed by atoms with Gasteiger partial charge in [0.1, 0.15) is 6.10 Å². The molecule has 0 bridgehead atoms. The zero-order chi connectivity index (χ0) is 12.0. The lowest BCUT2D eigenvalue weighted by Gasteiger charge is -2.46. The van der Waals surface area contributed by atoms with Crippen molar-refractivity contribution in [1.82, 2.24) is 4.90 Å². The SMILES string of the molecule is NC(=O)C1=CN2C=COC3CCCC(C1=O)C32. The Morgan fingerprint density at radius 2 is 2.29 bits per heavy atom. The van der Waals surface area contributed by atoms with Gasteiger partial charge in [-0.3, -0.25) is 9.59 Å². The highest BCUT2D eigenvalue weighted by atomic mass is 16.5. The first-order valence-corrected chi connectivity index (χ1v) is 5.84. The fourth-order valence-corrected chi connectivity index (χ4v) is 3.01. The van der Waals surface area contributed by atoms with Gasteiger partial charge < -0.3 is 15.4 Å². The second-order valence-electron chi connectivity index (χ2n) is 4.71. The molecule has 90 valence electrons. The molecule has 1 amide bonds. The van der Waals surface area contributed by atoms with E-state index in [1.165, 1.54) is 0 Å². The van der Waals surface area contributed by atoms with Crippen molar-refractivity contribution < 1.29 is 14.3 Å². The van der Waals surface area contributed by atoms with Crippen molar-refractivity contribution in [2.45, 2.75) is 31.4 Å². The van der Waals surface area contributed by atoms with Crippen LogP contribution in [0.3, 0.4) is 0 Å². The van der Waals surface area contributed by atoms with Crippen LogP contribution in [0.25, 0.3) is 0 Å². The van der Waals surface area contributed by atoms with Crippen LogP contribution in [0.4, 0.5) is 0 Å². The molecule has 2 heterocycles. The van der Waals surface area contributed by atoms with E-state index in [-0.39, 0.29) is 29.4 Å². The van der Waals surface area contributed by atoms with E-state index >= 15 is 0 Å². The first-order chi connectivity index (χ1) is 8.18. The van der Waals surface area contributed by atoms with Gasteiger partial charge in [-0.2, -0.15) is 0 Å². The van der Waals surface area contributed by atoms with Crippen molar-refractivity contribution in [3.05, 3.63) is 24.2 Å². The van der Waals surface area contributed by atoms with Crippen LogP contribution in [0.1, 0.15) is 19.3 Å². The quantitative estimate of drug-likeness (QED) is 0.661. The number of amides is 1. The minimum atomic E-state index is -0.643. The third kappa shape index (κ3) is 1.45. The predicted octanol–water partition coefficient (Wildman–Crippen LogP) is 0.279. The molecule has 2 N–H and O–H groups in total. The van der Waals surface area contributed by atoms with E-state index in [2.05, 4.69) is 0 Å². The highest BCUT2D eigenvalue weighted by molar-refractivity contribution is 6.20. The highest BCUT2D eigenvalue weighted by Gasteiger charge is 2.46. The lowest BCUT2D eigenvalue weighted by Crippen LogP contribution is -2.55. The molecule has 0 aromatic heterocycles. The Hall–Kier alpha value is -1.78. The smallest absolute Gasteiger partial charge is 0.253 e. The number of rotatable bonds is 1. The van der Waals surface area contributed by atoms with E-state index in [0.29, 0.717) is 0 Å². The van der Waals surface area contributed by atoms with E-state index < -0.39 is 5.91 Å². The van der Waals surface area contributed by atoms with Gasteiger partial charge in [0.25, 0.3) is 5.91 Å². The van der Waals surface area contributed by atoms with Crippen LogP contribution >= 0.6 is 0 Å². The Bertz CT molecular complexity index is 441. The number of carbonyl (C=O) groups excluding carboxylic acids is 2. The number of ether oxygens (including phenoxy) is 1. The lowest BCUT2D eigenvalue weighted by molar-refractivity contribution is -0.130. The fraction of sp³-hybridized carbons (Fsp3) is 0.500. The summed E-state index contributed by atoms with van der Waals surface area (Å²) in [4.78, 5) is 25.3. The zero-order valence-electron chi connectivity index (χ0n) is 9.33. The monoisotopic (exact) mass is 234 g/mol. The third-order valence-electron chi connectivity index (χ3n) is 3.77. The second kappa shape index (κ2) is 3.61. The van der Waals surface area contributed by atoms with Gasteiger partial charge in [0.15, 0.2) is 5.78 Å². The molecule has 3 unspecified atom stereocenters. The Morgan fingerprint density at radius 1 is 1.47 bits per heavy atom. The van der Waals surface area contributed by atoms with Crippen LogP contribution in [0.2, 0.25) is 0 Å². The molecule has 3 atom stereocenters. The second-order valence-corrected chi connectivity index (χ2v) is 4.71. The number of hydrogen-bond acceptors (Lipinski definition) is 4. The summed E-state index contributed by atoms with van der Waals surface area (Å²) in [5.41, 5.74) is 5.35. The summed E-state index contributed by atoms with van der Waals surface area (Å²) in [6.07, 6.45) is 7.69. The lowest BCUT2D eigenvalue weighted by atomic mass is 9.75. The van der Waals surface area contributed by atoms with E-state index in [9.17, 15) is 9.59 Å². The standard InChI is InChI=1S/C12H14N2O3/c13-12(16)8-6-14-4-5-17-9-3-1-2-7(10(9)14)11(8)15/h4-7,9-10H,1-3H2,(H2,13,16). The molecule has 3 rings (SSSR count). The molecule has 0 aromatic rings. The number of ketones is 1. The first-order valence-electron chi connectivity index (χ1n) is 5.84. The van der Waals surface area contributed by atoms with E-state index in [0.717, 1.165) is 19.3 Å². The molecule has 0 saturated heterocycles. The molecule has 5 heteroatoms. The van der Waals surface area contributed by atoms with Gasteiger partial charge in [-0.05, 0) is 19.3 Å². The summed E-state index contributed by atoms with van der Waals surface area (Å²) < 4.78 is 5.54. The van der Waals surface area contributed by atoms with Crippen LogP contribution in [0.5, 0.6) is 0 Å². The van der Waals surface area contributed by atoms with Crippen molar-refractivity contribution in [2.75, 3.05) is 0 Å². The van der Waals surface area contributed by atoms with E-state index in [1.54, 1.807) is 18.7 Å². The Labute approximate surface area is 98.9 Å². The van der Waals surface area contributed by atoms with Crippen molar-refractivity contribution in [3.8, 4) is 0 Å². The molecule has 1 saturated carbocycles. The molecule has 0 aromatic carbocycles. The average molecular weight is 234 g/mol. The molecule has 3 aliphatic rings. The van der Waals surface area contributed by atoms with Crippen LogP contribution in [-0.2, 0) is 14.3 Å². The normalized spacial score (nSPS) is 34.8. The number of Topliss-reactive ketones (excluding diaryl/α,β-unsaturated/α-hetero) is 1. The van der Waals surface area contributed by atoms with Crippen molar-refractivity contribution in [1.29, 1.82) is 0 Å². The first kappa shape index (κ1) is 10.4. The van der Waals surface area contributed by atoms with Gasteiger partial charge >= 0.3 is 0 Å². The maximum atomic E-state index is 12.2. The maximum Gasteiger partial charge on any atom is 0.253 e. The molecule has 1 fully saturated rings. The molecule has 0 radical (unpaired) electrons. The molecule has 5 nitrogen and oxygen atoms in total. The van der Waals surface area contributed by atoms with E-state index in [1.807, 2.05) is 4.90 Å². The van der Waals surface area contributed by atoms with Crippen LogP contribution in [0.15, 0.2) is 24.2 Å². The van der Waals surface area contributed by atoms with Gasteiger partial charge in [0.2, 0.25) is 0 Å². The van der Waals surface area contributed by atoms with Crippen molar-refractivity contribution >= 4 is 11.7 Å². The van der Waals surface area contributed by atoms with Crippen LogP contribution in [0, 0.1) is 5.92 Å². The summed E-state index contributed by atoms with van der Waals surface area (Å²) in [5, 5.41) is 0. The number of primary amides is 1. The largest absolute Gasteiger partial charge is 0.494 e. The van der Waals surface area contributed by atoms with Crippen molar-refractivity contribution in [3.63, 3.8) is 0 Å². The minimum Gasteiger partial charge on any atom is -0.494 e. The third-order valence-corrected chi connectivity index (χ3v) is 3.77. The summed E-state index contributed by atoms with van der Waals surface area (Å²) in [6.45, 7) is 0. The van der Waals surface area contributed by atoms with Crippen LogP contribution in [-0.4, -0.2) is 28.7 Å². The molecule has 1 aliphatic carbocycles. The van der Waals surface area contributed by atoms with Gasteiger partial charge in [0.05, 0.1) is 17.9 Å². The summed E-state index contributed by atoms with van der Waals surface area (Å²) in [7, 11) is 0. The van der Waals surface area contributed by atoms with Gasteiger partial charge in [0, 0.05) is 18.3 Å². The Morgan fingerprint density at radius 3 is 3.06 bits per heavy atom. The molecule has 0 spiro atoms. The number of carbonyl (C=O) groups is 2. The fourth-order valence-electron chi connectivity index (χ4n) is 3.01. The van der Waals surface area contributed by atoms with Crippen molar-refractivity contribution in [2.24, 2.45) is 11.7 Å². The summed E-state index contributed by atoms with van der Waals surface area (Å²) in [6, 6.07) is 0.0318. The molecular formula is C12H14N2O3. The molecule has 2 aliphatic heterocycles. The van der Waals surface area contributed by atoms with E-state index in [4.69, 9.17) is 10.5 Å². The number of nitrogens with zero attached hydrogens (tertiary/aromatic N) is 1.